The van der Waals surface area contributed by atoms with Gasteiger partial charge in [0.15, 0.2) is 6.29 Å². The van der Waals surface area contributed by atoms with Gasteiger partial charge in [-0.3, -0.25) is 4.52 Å². The molecule has 17 heavy (non-hydrogen) atoms. The second-order valence-electron chi connectivity index (χ2n) is 3.24. The number of aliphatic hydroxyl groups excluding tert-OH is 2. The van der Waals surface area contributed by atoms with Crippen LogP contribution in [0.3, 0.4) is 0 Å². The topological polar surface area (TPSA) is 163 Å². The summed E-state index contributed by atoms with van der Waals surface area (Å²) in [7, 11) is -10.2. The van der Waals surface area contributed by atoms with Crippen LogP contribution in [0.4, 0.5) is 0 Å². The van der Waals surface area contributed by atoms with Crippen LogP contribution in [-0.4, -0.2) is 50.0 Å². The van der Waals surface area contributed by atoms with Crippen LogP contribution in [0.5, 0.6) is 0 Å². The van der Waals surface area contributed by atoms with Crippen molar-refractivity contribution in [3.63, 3.8) is 0 Å². The Labute approximate surface area is 95.6 Å². The number of aliphatic hydroxyl groups is 2. The molecule has 0 bridgehead atoms. The van der Waals surface area contributed by atoms with E-state index in [1.807, 2.05) is 0 Å². The SMILES string of the molecule is O=P(O)(O)OP(=O)(O)OC1CC(O)C(CO)O1. The fourth-order valence-corrected chi connectivity index (χ4v) is 2.89. The molecule has 0 aromatic heterocycles. The van der Waals surface area contributed by atoms with Crippen molar-refractivity contribution in [2.45, 2.75) is 24.9 Å². The standard InChI is InChI=1S/C5H12O10P2/c6-2-4-3(7)1-5(13-4)14-17(11,12)15-16(8,9)10/h3-7H,1-2H2,(H,11,12)(H2,8,9,10). The Balaban J connectivity index is 2.55. The molecule has 1 aliphatic rings. The third kappa shape index (κ3) is 5.11. The van der Waals surface area contributed by atoms with Crippen LogP contribution < -0.4 is 0 Å². The van der Waals surface area contributed by atoms with Crippen LogP contribution in [0.15, 0.2) is 0 Å². The van der Waals surface area contributed by atoms with Gasteiger partial charge in [-0.1, -0.05) is 0 Å². The van der Waals surface area contributed by atoms with Crippen LogP contribution in [0.2, 0.25) is 0 Å². The Hall–Kier alpha value is 0.140. The van der Waals surface area contributed by atoms with Gasteiger partial charge in [-0.2, -0.15) is 4.31 Å². The summed E-state index contributed by atoms with van der Waals surface area (Å²) in [5.41, 5.74) is 0. The summed E-state index contributed by atoms with van der Waals surface area (Å²) in [4.78, 5) is 25.6. The Morgan fingerprint density at radius 2 is 1.88 bits per heavy atom. The van der Waals surface area contributed by atoms with E-state index in [0.717, 1.165) is 0 Å². The summed E-state index contributed by atoms with van der Waals surface area (Å²) in [6, 6.07) is 0. The maximum absolute atomic E-state index is 11.1. The third-order valence-electron chi connectivity index (χ3n) is 1.83. The second kappa shape index (κ2) is 5.41. The maximum Gasteiger partial charge on any atom is 0.483 e. The lowest BCUT2D eigenvalue weighted by molar-refractivity contribution is -0.102. The normalized spacial score (nSPS) is 33.6. The first-order chi connectivity index (χ1) is 7.63. The zero-order valence-corrected chi connectivity index (χ0v) is 10.1. The van der Waals surface area contributed by atoms with Crippen molar-refractivity contribution in [2.75, 3.05) is 6.61 Å². The predicted octanol–water partition coefficient (Wildman–Crippen LogP) is -1.32. The first kappa shape index (κ1) is 15.2. The van der Waals surface area contributed by atoms with Gasteiger partial charge in [0.1, 0.15) is 6.10 Å². The number of ether oxygens (including phenoxy) is 1. The highest BCUT2D eigenvalue weighted by Crippen LogP contribution is 2.58. The molecule has 4 atom stereocenters. The van der Waals surface area contributed by atoms with Crippen molar-refractivity contribution in [3.05, 3.63) is 0 Å². The largest absolute Gasteiger partial charge is 0.483 e. The summed E-state index contributed by atoms with van der Waals surface area (Å²) < 4.78 is 34.0. The zero-order chi connectivity index (χ0) is 13.3. The molecule has 12 heteroatoms. The van der Waals surface area contributed by atoms with E-state index in [-0.39, 0.29) is 6.42 Å². The molecule has 1 rings (SSSR count). The van der Waals surface area contributed by atoms with Crippen LogP contribution in [0, 0.1) is 0 Å². The van der Waals surface area contributed by atoms with Crippen LogP contribution in [-0.2, 0) is 22.7 Å². The van der Waals surface area contributed by atoms with E-state index in [4.69, 9.17) is 24.5 Å². The minimum absolute atomic E-state index is 0.236. The molecule has 0 aromatic rings. The van der Waals surface area contributed by atoms with Gasteiger partial charge in [0.25, 0.3) is 0 Å². The average molecular weight is 294 g/mol. The minimum Gasteiger partial charge on any atom is -0.394 e. The smallest absolute Gasteiger partial charge is 0.394 e. The first-order valence-corrected chi connectivity index (χ1v) is 7.38. The van der Waals surface area contributed by atoms with Gasteiger partial charge in [-0.05, 0) is 0 Å². The van der Waals surface area contributed by atoms with Gasteiger partial charge < -0.3 is 29.6 Å². The van der Waals surface area contributed by atoms with E-state index in [1.54, 1.807) is 0 Å². The molecule has 0 spiro atoms. The molecule has 0 aromatic carbocycles. The van der Waals surface area contributed by atoms with Crippen LogP contribution >= 0.6 is 15.6 Å². The fourth-order valence-electron chi connectivity index (χ4n) is 1.22. The maximum atomic E-state index is 11.1. The monoisotopic (exact) mass is 294 g/mol. The second-order valence-corrected chi connectivity index (χ2v) is 6.02. The van der Waals surface area contributed by atoms with Gasteiger partial charge in [0.05, 0.1) is 12.7 Å². The Morgan fingerprint density at radius 1 is 1.29 bits per heavy atom. The Bertz CT molecular complexity index is 351. The zero-order valence-electron chi connectivity index (χ0n) is 8.32. The van der Waals surface area contributed by atoms with E-state index in [9.17, 15) is 14.2 Å². The number of hydrogen-bond acceptors (Lipinski definition) is 7. The quantitative estimate of drug-likeness (QED) is 0.384. The van der Waals surface area contributed by atoms with Crippen molar-refractivity contribution in [3.8, 4) is 0 Å². The highest BCUT2D eigenvalue weighted by atomic mass is 31.3. The molecular formula is C5H12O10P2. The number of phosphoric acid groups is 2. The molecule has 1 aliphatic heterocycles. The number of hydrogen-bond donors (Lipinski definition) is 5. The van der Waals surface area contributed by atoms with E-state index in [1.165, 1.54) is 0 Å². The molecule has 0 aliphatic carbocycles. The molecule has 4 unspecified atom stereocenters. The van der Waals surface area contributed by atoms with E-state index >= 15 is 0 Å². The minimum atomic E-state index is -5.19. The molecule has 0 saturated carbocycles. The first-order valence-electron chi connectivity index (χ1n) is 4.35. The molecule has 1 heterocycles. The molecule has 0 radical (unpaired) electrons. The predicted molar refractivity (Wildman–Crippen MR) is 50.4 cm³/mol. The molecular weight excluding hydrogens is 282 g/mol. The van der Waals surface area contributed by atoms with Crippen molar-refractivity contribution < 1.29 is 47.6 Å². The lowest BCUT2D eigenvalue weighted by Crippen LogP contribution is -2.24. The van der Waals surface area contributed by atoms with Crippen LogP contribution in [0.25, 0.3) is 0 Å². The van der Waals surface area contributed by atoms with Gasteiger partial charge >= 0.3 is 15.6 Å². The van der Waals surface area contributed by atoms with Crippen molar-refractivity contribution in [1.82, 2.24) is 0 Å². The van der Waals surface area contributed by atoms with Gasteiger partial charge in [-0.25, -0.2) is 9.13 Å². The van der Waals surface area contributed by atoms with E-state index < -0.39 is 40.8 Å². The molecule has 1 fully saturated rings. The lowest BCUT2D eigenvalue weighted by atomic mass is 10.2. The Kier molecular flexibility index (Phi) is 4.84. The molecule has 1 saturated heterocycles. The third-order valence-corrected chi connectivity index (χ3v) is 4.01. The summed E-state index contributed by atoms with van der Waals surface area (Å²) in [5, 5.41) is 18.0. The highest BCUT2D eigenvalue weighted by molar-refractivity contribution is 7.60. The summed E-state index contributed by atoms with van der Waals surface area (Å²) in [6.07, 6.45) is -3.74. The molecule has 0 amide bonds. The Morgan fingerprint density at radius 3 is 2.29 bits per heavy atom. The fraction of sp³-hybridized carbons (Fsp3) is 1.00. The molecule has 10 nitrogen and oxygen atoms in total. The van der Waals surface area contributed by atoms with Gasteiger partial charge in [0, 0.05) is 6.42 Å². The van der Waals surface area contributed by atoms with Crippen molar-refractivity contribution in [2.24, 2.45) is 0 Å². The number of rotatable bonds is 5. The van der Waals surface area contributed by atoms with Gasteiger partial charge in [0.2, 0.25) is 0 Å². The highest BCUT2D eigenvalue weighted by Gasteiger charge is 2.41. The summed E-state index contributed by atoms with van der Waals surface area (Å²) in [5.74, 6) is 0. The van der Waals surface area contributed by atoms with Crippen molar-refractivity contribution in [1.29, 1.82) is 0 Å². The van der Waals surface area contributed by atoms with Crippen LogP contribution in [0.1, 0.15) is 6.42 Å². The molecule has 102 valence electrons. The van der Waals surface area contributed by atoms with E-state index in [2.05, 4.69) is 8.83 Å². The van der Waals surface area contributed by atoms with Crippen molar-refractivity contribution >= 4 is 15.6 Å². The number of phosphoric ester groups is 1. The van der Waals surface area contributed by atoms with Gasteiger partial charge in [-0.15, -0.1) is 0 Å². The summed E-state index contributed by atoms with van der Waals surface area (Å²) >= 11 is 0. The van der Waals surface area contributed by atoms with E-state index in [0.29, 0.717) is 0 Å². The summed E-state index contributed by atoms with van der Waals surface area (Å²) in [6.45, 7) is -0.532. The lowest BCUT2D eigenvalue weighted by Gasteiger charge is -2.16. The average Bonchev–Trinajstić information content (AvgIpc) is 2.40. The molecule has 5 N–H and O–H groups in total.